The summed E-state index contributed by atoms with van der Waals surface area (Å²) in [7, 11) is -1.67. The Morgan fingerprint density at radius 3 is 1.36 bits per heavy atom. The van der Waals surface area contributed by atoms with Crippen LogP contribution < -0.4 is 24.2 Å². The van der Waals surface area contributed by atoms with E-state index in [1.807, 2.05) is 0 Å². The van der Waals surface area contributed by atoms with Crippen LogP contribution in [0.4, 0.5) is 0 Å². The zero-order chi connectivity index (χ0) is 20.3. The van der Waals surface area contributed by atoms with Gasteiger partial charge in [0.15, 0.2) is 0 Å². The van der Waals surface area contributed by atoms with Crippen molar-refractivity contribution in [3.8, 4) is 0 Å². The molecule has 156 valence electrons. The van der Waals surface area contributed by atoms with Gasteiger partial charge in [0.25, 0.3) is 0 Å². The van der Waals surface area contributed by atoms with Crippen LogP contribution >= 0.6 is 7.80 Å². The Hall–Kier alpha value is 0.666. The van der Waals surface area contributed by atoms with Crippen molar-refractivity contribution >= 4 is 36.8 Å². The van der Waals surface area contributed by atoms with Crippen LogP contribution in [0.15, 0.2) is 30.3 Å². The van der Waals surface area contributed by atoms with Gasteiger partial charge in [-0.3, -0.25) is 0 Å². The number of benzene rings is 1. The van der Waals surface area contributed by atoms with Crippen molar-refractivity contribution in [2.24, 2.45) is 0 Å². The first-order chi connectivity index (χ1) is 12.6. The summed E-state index contributed by atoms with van der Waals surface area (Å²) in [6.07, 6.45) is 5.11. The standard InChI is InChI=1S/C13H28BPSi2.2C4H8O.Li/c1-16(2,3)13(17(4,5)6)15(14)12-10-8-7-9-11-12;2*1-2-4-5-3-1;/h7-11,13,15H,1-6,14H3;2*1-4H2;/q;;;+1. The van der Waals surface area contributed by atoms with Gasteiger partial charge in [-0.05, 0) is 37.8 Å². The average molecular weight is 433 g/mol. The molecule has 1 atom stereocenters. The molecule has 2 nitrogen and oxygen atoms in total. The van der Waals surface area contributed by atoms with E-state index < -0.39 is 16.1 Å². The van der Waals surface area contributed by atoms with Crippen molar-refractivity contribution in [2.75, 3.05) is 26.4 Å². The second kappa shape index (κ2) is 14.6. The summed E-state index contributed by atoms with van der Waals surface area (Å²) in [5, 5.41) is 1.74. The molecule has 7 heteroatoms. The fraction of sp³-hybridized carbons (Fsp3) is 0.714. The molecule has 1 unspecified atom stereocenters. The van der Waals surface area contributed by atoms with Gasteiger partial charge in [-0.2, -0.15) is 0 Å². The molecule has 1 aromatic carbocycles. The predicted octanol–water partition coefficient (Wildman–Crippen LogP) is 1.53. The molecular formula is C21H44BLiO2PSi2+. The van der Waals surface area contributed by atoms with Gasteiger partial charge in [0.2, 0.25) is 0 Å². The number of hydrogen-bond acceptors (Lipinski definition) is 2. The van der Waals surface area contributed by atoms with E-state index in [1.165, 1.54) is 25.7 Å². The molecule has 2 aliphatic rings. The topological polar surface area (TPSA) is 18.5 Å². The summed E-state index contributed by atoms with van der Waals surface area (Å²) < 4.78 is 9.89. The molecule has 0 saturated carbocycles. The van der Waals surface area contributed by atoms with Gasteiger partial charge in [0.05, 0.1) is 16.1 Å². The second-order valence-electron chi connectivity index (χ2n) is 9.31. The van der Waals surface area contributed by atoms with Crippen LogP contribution in [0.3, 0.4) is 0 Å². The zero-order valence-corrected chi connectivity index (χ0v) is 21.9. The molecule has 0 spiro atoms. The van der Waals surface area contributed by atoms with E-state index in [2.05, 4.69) is 69.6 Å². The van der Waals surface area contributed by atoms with E-state index in [-0.39, 0.29) is 26.7 Å². The summed E-state index contributed by atoms with van der Waals surface area (Å²) in [5.74, 6) is 0. The summed E-state index contributed by atoms with van der Waals surface area (Å²) in [6, 6.07) is 11.5. The molecule has 2 aliphatic heterocycles. The molecule has 0 aliphatic carbocycles. The summed E-state index contributed by atoms with van der Waals surface area (Å²) in [4.78, 5) is 1.15. The van der Waals surface area contributed by atoms with Crippen LogP contribution in [0.25, 0.3) is 0 Å². The van der Waals surface area contributed by atoms with E-state index in [0.29, 0.717) is 7.57 Å². The molecule has 2 saturated heterocycles. The average Bonchev–Trinajstić information content (AvgIpc) is 3.31. The SMILES string of the molecule is C1CCOC1.C1CCOC1.[BH3-][PH+](c1ccccc1)C([Si](C)(C)C)[Si](C)(C)C.[Li+]. The largest absolute Gasteiger partial charge is 1.00 e. The van der Waals surface area contributed by atoms with Crippen molar-refractivity contribution in [1.82, 2.24) is 0 Å². The number of hydrogen-bond donors (Lipinski definition) is 0. The minimum Gasteiger partial charge on any atom is -0.381 e. The van der Waals surface area contributed by atoms with Crippen molar-refractivity contribution in [3.05, 3.63) is 30.3 Å². The molecule has 0 bridgehead atoms. The second-order valence-corrected chi connectivity index (χ2v) is 23.1. The van der Waals surface area contributed by atoms with Crippen molar-refractivity contribution < 1.29 is 28.3 Å². The smallest absolute Gasteiger partial charge is 0.381 e. The van der Waals surface area contributed by atoms with Gasteiger partial charge in [-0.1, -0.05) is 57.5 Å². The molecule has 28 heavy (non-hydrogen) atoms. The first-order valence-corrected chi connectivity index (χ1v) is 18.4. The maximum Gasteiger partial charge on any atom is 1.00 e. The van der Waals surface area contributed by atoms with Crippen LogP contribution in [-0.4, -0.2) is 55.0 Å². The van der Waals surface area contributed by atoms with Crippen LogP contribution in [0, 0.1) is 0 Å². The van der Waals surface area contributed by atoms with Crippen molar-refractivity contribution in [1.29, 1.82) is 0 Å². The van der Waals surface area contributed by atoms with Crippen molar-refractivity contribution in [2.45, 2.75) is 69.9 Å². The zero-order valence-electron chi connectivity index (χ0n) is 18.9. The minimum absolute atomic E-state index is 0. The van der Waals surface area contributed by atoms with Gasteiger partial charge >= 0.3 is 18.9 Å². The third-order valence-electron chi connectivity index (χ3n) is 4.47. The van der Waals surface area contributed by atoms with E-state index in [4.69, 9.17) is 9.47 Å². The van der Waals surface area contributed by atoms with Gasteiger partial charge in [0.1, 0.15) is 7.57 Å². The third kappa shape index (κ3) is 11.7. The minimum atomic E-state index is -0.998. The molecule has 3 rings (SSSR count). The van der Waals surface area contributed by atoms with E-state index >= 15 is 0 Å². The van der Waals surface area contributed by atoms with E-state index in [0.717, 1.165) is 31.3 Å². The Kier molecular flexibility index (Phi) is 15.0. The number of ether oxygens (including phenoxy) is 2. The van der Waals surface area contributed by atoms with E-state index in [1.54, 1.807) is 5.30 Å². The summed E-state index contributed by atoms with van der Waals surface area (Å²) >= 11 is 0. The Bertz CT molecular complexity index is 462. The van der Waals surface area contributed by atoms with Gasteiger partial charge in [-0.25, -0.2) is 0 Å². The third-order valence-corrected chi connectivity index (χ3v) is 20.1. The molecular weight excluding hydrogens is 389 g/mol. The van der Waals surface area contributed by atoms with Crippen molar-refractivity contribution in [3.63, 3.8) is 0 Å². The molecule has 0 radical (unpaired) electrons. The van der Waals surface area contributed by atoms with Crippen LogP contribution in [0.2, 0.25) is 39.3 Å². The Morgan fingerprint density at radius 2 is 1.11 bits per heavy atom. The molecule has 0 aromatic heterocycles. The van der Waals surface area contributed by atoms with Crippen LogP contribution in [0.5, 0.6) is 0 Å². The summed E-state index contributed by atoms with van der Waals surface area (Å²) in [6.45, 7) is 19.6. The van der Waals surface area contributed by atoms with Gasteiger partial charge in [-0.15, -0.1) is 7.80 Å². The van der Waals surface area contributed by atoms with Crippen LogP contribution in [0.1, 0.15) is 25.7 Å². The number of rotatable bonds is 4. The molecule has 2 fully saturated rings. The fourth-order valence-corrected chi connectivity index (χ4v) is 19.0. The monoisotopic (exact) mass is 433 g/mol. The first-order valence-electron chi connectivity index (χ1n) is 10.2. The predicted molar refractivity (Wildman–Crippen MR) is 135 cm³/mol. The van der Waals surface area contributed by atoms with Gasteiger partial charge in [0, 0.05) is 36.6 Å². The Balaban J connectivity index is 0.000000535. The van der Waals surface area contributed by atoms with Crippen LogP contribution in [-0.2, 0) is 9.47 Å². The Morgan fingerprint density at radius 1 is 0.750 bits per heavy atom. The maximum absolute atomic E-state index is 4.94. The molecule has 0 N–H and O–H groups in total. The normalized spacial score (nSPS) is 17.7. The maximum atomic E-state index is 4.94. The molecule has 1 aromatic rings. The quantitative estimate of drug-likeness (QED) is 0.530. The summed E-state index contributed by atoms with van der Waals surface area (Å²) in [5.41, 5.74) is 0. The van der Waals surface area contributed by atoms with E-state index in [9.17, 15) is 0 Å². The first kappa shape index (κ1) is 28.7. The molecule has 0 amide bonds. The fourth-order valence-electron chi connectivity index (χ4n) is 3.45. The molecule has 2 heterocycles. The Labute approximate surface area is 191 Å². The van der Waals surface area contributed by atoms with Gasteiger partial charge < -0.3 is 9.47 Å².